The van der Waals surface area contributed by atoms with Crippen molar-refractivity contribution in [3.8, 4) is 22.9 Å². The average Bonchev–Trinajstić information content (AvgIpc) is 2.75. The Bertz CT molecular complexity index is 1110. The second-order valence-corrected chi connectivity index (χ2v) is 6.47. The number of nitrogens with one attached hydrogen (secondary N) is 1. The Morgan fingerprint density at radius 2 is 1.83 bits per heavy atom. The van der Waals surface area contributed by atoms with E-state index in [-0.39, 0.29) is 12.1 Å². The van der Waals surface area contributed by atoms with Gasteiger partial charge in [0.1, 0.15) is 29.7 Å². The number of hydrogen-bond acceptors (Lipinski definition) is 5. The standard InChI is InChI=1S/C22H22FN3O4/c1-4-16-11-21(28)26(22(24-16)14-5-7-15(23)8-6-14)13-20(27)25-18-10-9-17(29-2)12-19(18)30-3/h5-12H,4,13H2,1-3H3,(H,25,27). The summed E-state index contributed by atoms with van der Waals surface area (Å²) in [5.41, 5.74) is 1.21. The van der Waals surface area contributed by atoms with E-state index in [9.17, 15) is 14.0 Å². The maximum absolute atomic E-state index is 13.3. The van der Waals surface area contributed by atoms with E-state index in [1.807, 2.05) is 6.92 Å². The van der Waals surface area contributed by atoms with Crippen LogP contribution in [0.4, 0.5) is 10.1 Å². The normalized spacial score (nSPS) is 10.5. The van der Waals surface area contributed by atoms with Gasteiger partial charge in [0.2, 0.25) is 5.91 Å². The molecule has 156 valence electrons. The van der Waals surface area contributed by atoms with Gasteiger partial charge in [0, 0.05) is 23.4 Å². The predicted octanol–water partition coefficient (Wildman–Crippen LogP) is 3.27. The largest absolute Gasteiger partial charge is 0.497 e. The van der Waals surface area contributed by atoms with Crippen molar-refractivity contribution in [1.29, 1.82) is 0 Å². The first-order valence-corrected chi connectivity index (χ1v) is 9.33. The number of nitrogens with zero attached hydrogens (tertiary/aromatic N) is 2. The summed E-state index contributed by atoms with van der Waals surface area (Å²) < 4.78 is 25.0. The Labute approximate surface area is 173 Å². The highest BCUT2D eigenvalue weighted by Gasteiger charge is 2.15. The third-order valence-electron chi connectivity index (χ3n) is 4.51. The monoisotopic (exact) mass is 411 g/mol. The SMILES string of the molecule is CCc1cc(=O)n(CC(=O)Nc2ccc(OC)cc2OC)c(-c2ccc(F)cc2)n1. The third-order valence-corrected chi connectivity index (χ3v) is 4.51. The van der Waals surface area contributed by atoms with Crippen LogP contribution in [-0.4, -0.2) is 29.7 Å². The molecule has 0 aliphatic heterocycles. The van der Waals surface area contributed by atoms with Crippen molar-refractivity contribution < 1.29 is 18.7 Å². The first-order chi connectivity index (χ1) is 14.4. The molecule has 0 aliphatic rings. The zero-order chi connectivity index (χ0) is 21.7. The molecule has 3 rings (SSSR count). The van der Waals surface area contributed by atoms with Crippen LogP contribution in [0.15, 0.2) is 53.3 Å². The minimum atomic E-state index is -0.435. The van der Waals surface area contributed by atoms with Crippen molar-refractivity contribution in [1.82, 2.24) is 9.55 Å². The number of aromatic nitrogens is 2. The van der Waals surface area contributed by atoms with E-state index in [1.54, 1.807) is 18.2 Å². The molecule has 0 fully saturated rings. The number of benzene rings is 2. The van der Waals surface area contributed by atoms with Crippen LogP contribution >= 0.6 is 0 Å². The van der Waals surface area contributed by atoms with Crippen LogP contribution in [0.3, 0.4) is 0 Å². The Morgan fingerprint density at radius 1 is 1.10 bits per heavy atom. The fraction of sp³-hybridized carbons (Fsp3) is 0.227. The molecule has 3 aromatic rings. The summed E-state index contributed by atoms with van der Waals surface area (Å²) >= 11 is 0. The summed E-state index contributed by atoms with van der Waals surface area (Å²) in [7, 11) is 3.01. The number of aryl methyl sites for hydroxylation is 1. The first kappa shape index (κ1) is 21.0. The van der Waals surface area contributed by atoms with E-state index in [1.165, 1.54) is 49.1 Å². The lowest BCUT2D eigenvalue weighted by molar-refractivity contribution is -0.116. The molecule has 8 heteroatoms. The smallest absolute Gasteiger partial charge is 0.254 e. The lowest BCUT2D eigenvalue weighted by Crippen LogP contribution is -2.30. The fourth-order valence-electron chi connectivity index (χ4n) is 2.94. The second-order valence-electron chi connectivity index (χ2n) is 6.47. The van der Waals surface area contributed by atoms with Gasteiger partial charge in [-0.3, -0.25) is 14.2 Å². The van der Waals surface area contributed by atoms with Gasteiger partial charge in [0.25, 0.3) is 5.56 Å². The molecule has 1 heterocycles. The number of carbonyl (C=O) groups is 1. The summed E-state index contributed by atoms with van der Waals surface area (Å²) in [6, 6.07) is 12.0. The van der Waals surface area contributed by atoms with Crippen molar-refractivity contribution >= 4 is 11.6 Å². The third kappa shape index (κ3) is 4.65. The number of rotatable bonds is 7. The number of hydrogen-bond donors (Lipinski definition) is 1. The van der Waals surface area contributed by atoms with Gasteiger partial charge in [-0.15, -0.1) is 0 Å². The van der Waals surface area contributed by atoms with Gasteiger partial charge in [-0.25, -0.2) is 9.37 Å². The Balaban J connectivity index is 1.93. The molecule has 0 atom stereocenters. The van der Waals surface area contributed by atoms with E-state index < -0.39 is 11.7 Å². The van der Waals surface area contributed by atoms with E-state index >= 15 is 0 Å². The number of amides is 1. The maximum Gasteiger partial charge on any atom is 0.254 e. The molecule has 1 N–H and O–H groups in total. The van der Waals surface area contributed by atoms with Gasteiger partial charge in [0.15, 0.2) is 0 Å². The predicted molar refractivity (Wildman–Crippen MR) is 111 cm³/mol. The Hall–Kier alpha value is -3.68. The van der Waals surface area contributed by atoms with Crippen LogP contribution in [0.1, 0.15) is 12.6 Å². The van der Waals surface area contributed by atoms with Gasteiger partial charge in [-0.2, -0.15) is 0 Å². The molecule has 7 nitrogen and oxygen atoms in total. The highest BCUT2D eigenvalue weighted by molar-refractivity contribution is 5.92. The highest BCUT2D eigenvalue weighted by Crippen LogP contribution is 2.29. The number of ether oxygens (including phenoxy) is 2. The lowest BCUT2D eigenvalue weighted by Gasteiger charge is -2.15. The minimum Gasteiger partial charge on any atom is -0.497 e. The molecule has 0 saturated heterocycles. The van der Waals surface area contributed by atoms with E-state index in [0.717, 1.165) is 0 Å². The van der Waals surface area contributed by atoms with Gasteiger partial charge < -0.3 is 14.8 Å². The number of anilines is 1. The molecular formula is C22H22FN3O4. The first-order valence-electron chi connectivity index (χ1n) is 9.33. The molecule has 0 saturated carbocycles. The Morgan fingerprint density at radius 3 is 2.47 bits per heavy atom. The minimum absolute atomic E-state index is 0.266. The zero-order valence-corrected chi connectivity index (χ0v) is 16.9. The summed E-state index contributed by atoms with van der Waals surface area (Å²) in [5, 5.41) is 2.74. The molecule has 30 heavy (non-hydrogen) atoms. The topological polar surface area (TPSA) is 82.5 Å². The molecule has 0 unspecified atom stereocenters. The van der Waals surface area contributed by atoms with Crippen LogP contribution in [-0.2, 0) is 17.8 Å². The van der Waals surface area contributed by atoms with Crippen molar-refractivity contribution in [3.63, 3.8) is 0 Å². The molecule has 1 amide bonds. The van der Waals surface area contributed by atoms with Crippen molar-refractivity contribution in [3.05, 3.63) is 70.4 Å². The average molecular weight is 411 g/mol. The molecular weight excluding hydrogens is 389 g/mol. The van der Waals surface area contributed by atoms with Gasteiger partial charge in [-0.1, -0.05) is 6.92 Å². The summed E-state index contributed by atoms with van der Waals surface area (Å²) in [4.78, 5) is 29.9. The van der Waals surface area contributed by atoms with Gasteiger partial charge >= 0.3 is 0 Å². The van der Waals surface area contributed by atoms with Crippen LogP contribution in [0.25, 0.3) is 11.4 Å². The number of halogens is 1. The second kappa shape index (κ2) is 9.21. The molecule has 0 bridgehead atoms. The molecule has 2 aromatic carbocycles. The van der Waals surface area contributed by atoms with E-state index in [2.05, 4.69) is 10.3 Å². The summed E-state index contributed by atoms with van der Waals surface area (Å²) in [6.45, 7) is 1.61. The fourth-order valence-corrected chi connectivity index (χ4v) is 2.94. The molecule has 0 spiro atoms. The molecule has 0 radical (unpaired) electrons. The number of methoxy groups -OCH3 is 2. The van der Waals surface area contributed by atoms with E-state index in [4.69, 9.17) is 9.47 Å². The quantitative estimate of drug-likeness (QED) is 0.645. The number of carbonyl (C=O) groups excluding carboxylic acids is 1. The van der Waals surface area contributed by atoms with E-state index in [0.29, 0.717) is 40.7 Å². The summed E-state index contributed by atoms with van der Waals surface area (Å²) in [5.74, 6) is 0.474. The van der Waals surface area contributed by atoms with Crippen LogP contribution in [0, 0.1) is 5.82 Å². The van der Waals surface area contributed by atoms with Crippen LogP contribution < -0.4 is 20.3 Å². The van der Waals surface area contributed by atoms with Gasteiger partial charge in [0.05, 0.1) is 19.9 Å². The molecule has 1 aromatic heterocycles. The highest BCUT2D eigenvalue weighted by atomic mass is 19.1. The zero-order valence-electron chi connectivity index (χ0n) is 16.9. The summed E-state index contributed by atoms with van der Waals surface area (Å²) in [6.07, 6.45) is 0.555. The lowest BCUT2D eigenvalue weighted by atomic mass is 10.2. The van der Waals surface area contributed by atoms with Crippen molar-refractivity contribution in [2.24, 2.45) is 0 Å². The van der Waals surface area contributed by atoms with Crippen molar-refractivity contribution in [2.45, 2.75) is 19.9 Å². The van der Waals surface area contributed by atoms with Crippen LogP contribution in [0.2, 0.25) is 0 Å². The Kier molecular flexibility index (Phi) is 6.46. The van der Waals surface area contributed by atoms with Crippen molar-refractivity contribution in [2.75, 3.05) is 19.5 Å². The maximum atomic E-state index is 13.3. The van der Waals surface area contributed by atoms with Crippen LogP contribution in [0.5, 0.6) is 11.5 Å². The molecule has 0 aliphatic carbocycles. The van der Waals surface area contributed by atoms with Gasteiger partial charge in [-0.05, 0) is 42.8 Å².